The number of carbonyl (C=O) groups is 1. The first kappa shape index (κ1) is 20.1. The van der Waals surface area contributed by atoms with Crippen molar-refractivity contribution in [3.63, 3.8) is 0 Å². The number of phenols is 1. The third kappa shape index (κ3) is 4.34. The van der Waals surface area contributed by atoms with E-state index in [0.29, 0.717) is 33.8 Å². The van der Waals surface area contributed by atoms with Gasteiger partial charge in [-0.1, -0.05) is 22.0 Å². The van der Waals surface area contributed by atoms with Crippen LogP contribution < -0.4 is 10.6 Å². The molecule has 1 heterocycles. The lowest BCUT2D eigenvalue weighted by atomic mass is 10.2. The van der Waals surface area contributed by atoms with Crippen molar-refractivity contribution in [3.05, 3.63) is 76.3 Å². The molecule has 30 heavy (non-hydrogen) atoms. The highest BCUT2D eigenvalue weighted by Gasteiger charge is 2.14. The van der Waals surface area contributed by atoms with Crippen molar-refractivity contribution in [2.75, 3.05) is 5.32 Å². The molecule has 0 aliphatic heterocycles. The topological polar surface area (TPSA) is 87.4 Å². The number of aromatic nitrogens is 1. The van der Waals surface area contributed by atoms with E-state index in [9.17, 15) is 9.90 Å². The number of hydrogen-bond acceptors (Lipinski definition) is 5. The van der Waals surface area contributed by atoms with Gasteiger partial charge in [0.25, 0.3) is 5.91 Å². The molecule has 1 aromatic heterocycles. The zero-order valence-corrected chi connectivity index (χ0v) is 18.2. The van der Waals surface area contributed by atoms with Gasteiger partial charge in [0.05, 0.1) is 5.56 Å². The second kappa shape index (κ2) is 8.25. The number of anilines is 1. The molecule has 1 amide bonds. The Morgan fingerprint density at radius 1 is 1.10 bits per heavy atom. The second-order valence-corrected chi connectivity index (χ2v) is 7.96. The monoisotopic (exact) mass is 481 g/mol. The van der Waals surface area contributed by atoms with Crippen LogP contribution in [0.4, 0.5) is 5.69 Å². The lowest BCUT2D eigenvalue weighted by Crippen LogP contribution is -2.34. The van der Waals surface area contributed by atoms with Gasteiger partial charge in [0.1, 0.15) is 11.3 Å². The SMILES string of the molecule is Cc1ccc2nc(-c3ccc(NC(=S)NC(=O)c4ccc(Br)cc4)cc3O)oc2c1. The zero-order valence-electron chi connectivity index (χ0n) is 15.8. The van der Waals surface area contributed by atoms with Crippen molar-refractivity contribution < 1.29 is 14.3 Å². The number of fused-ring (bicyclic) bond motifs is 1. The molecule has 4 aromatic rings. The first-order valence-electron chi connectivity index (χ1n) is 8.97. The summed E-state index contributed by atoms with van der Waals surface area (Å²) in [4.78, 5) is 16.7. The number of aromatic hydroxyl groups is 1. The van der Waals surface area contributed by atoms with Gasteiger partial charge in [-0.05, 0) is 73.2 Å². The molecule has 3 aromatic carbocycles. The second-order valence-electron chi connectivity index (χ2n) is 6.64. The van der Waals surface area contributed by atoms with Crippen molar-refractivity contribution in [3.8, 4) is 17.2 Å². The molecule has 3 N–H and O–H groups in total. The fourth-order valence-corrected chi connectivity index (χ4v) is 3.35. The van der Waals surface area contributed by atoms with Crippen molar-refractivity contribution in [1.29, 1.82) is 0 Å². The van der Waals surface area contributed by atoms with Crippen LogP contribution in [0.15, 0.2) is 69.6 Å². The van der Waals surface area contributed by atoms with Crippen LogP contribution in [0.3, 0.4) is 0 Å². The molecular formula is C22H16BrN3O3S. The Labute approximate surface area is 186 Å². The molecule has 8 heteroatoms. The molecule has 0 aliphatic rings. The van der Waals surface area contributed by atoms with E-state index in [0.717, 1.165) is 10.0 Å². The number of nitrogens with one attached hydrogen (secondary N) is 2. The summed E-state index contributed by atoms with van der Waals surface area (Å²) in [7, 11) is 0. The average molecular weight is 482 g/mol. The minimum atomic E-state index is -0.331. The smallest absolute Gasteiger partial charge is 0.257 e. The van der Waals surface area contributed by atoms with Gasteiger partial charge in [0.15, 0.2) is 10.7 Å². The van der Waals surface area contributed by atoms with Gasteiger partial charge in [0.2, 0.25) is 5.89 Å². The maximum Gasteiger partial charge on any atom is 0.257 e. The lowest BCUT2D eigenvalue weighted by molar-refractivity contribution is 0.0977. The van der Waals surface area contributed by atoms with Crippen molar-refractivity contribution in [1.82, 2.24) is 10.3 Å². The lowest BCUT2D eigenvalue weighted by Gasteiger charge is -2.11. The summed E-state index contributed by atoms with van der Waals surface area (Å²) in [6.07, 6.45) is 0. The number of thiocarbonyl (C=S) groups is 1. The molecule has 6 nitrogen and oxygen atoms in total. The number of carbonyl (C=O) groups excluding carboxylic acids is 1. The number of amides is 1. The number of halogens is 1. The largest absolute Gasteiger partial charge is 0.507 e. The van der Waals surface area contributed by atoms with Crippen molar-refractivity contribution in [2.24, 2.45) is 0 Å². The number of benzene rings is 3. The van der Waals surface area contributed by atoms with E-state index in [1.807, 2.05) is 25.1 Å². The highest BCUT2D eigenvalue weighted by molar-refractivity contribution is 9.10. The van der Waals surface area contributed by atoms with E-state index in [2.05, 4.69) is 31.5 Å². The maximum absolute atomic E-state index is 12.2. The number of phenolic OH excluding ortho intramolecular Hbond substituents is 1. The predicted octanol–water partition coefficient (Wildman–Crippen LogP) is 5.40. The van der Waals surface area contributed by atoms with E-state index in [1.165, 1.54) is 6.07 Å². The Balaban J connectivity index is 1.47. The fraction of sp³-hybridized carbons (Fsp3) is 0.0455. The van der Waals surface area contributed by atoms with E-state index in [4.69, 9.17) is 16.6 Å². The molecule has 0 radical (unpaired) electrons. The third-order valence-electron chi connectivity index (χ3n) is 4.36. The first-order chi connectivity index (χ1) is 14.4. The molecule has 4 rings (SSSR count). The number of aryl methyl sites for hydroxylation is 1. The Hall–Kier alpha value is -3.23. The van der Waals surface area contributed by atoms with Crippen molar-refractivity contribution in [2.45, 2.75) is 6.92 Å². The molecule has 0 atom stereocenters. The van der Waals surface area contributed by atoms with Crippen LogP contribution in [-0.4, -0.2) is 21.1 Å². The summed E-state index contributed by atoms with van der Waals surface area (Å²) < 4.78 is 6.65. The number of rotatable bonds is 3. The van der Waals surface area contributed by atoms with Gasteiger partial charge in [-0.15, -0.1) is 0 Å². The summed E-state index contributed by atoms with van der Waals surface area (Å²) in [6.45, 7) is 1.97. The Morgan fingerprint density at radius 3 is 2.60 bits per heavy atom. The van der Waals surface area contributed by atoms with Gasteiger partial charge >= 0.3 is 0 Å². The fourth-order valence-electron chi connectivity index (χ4n) is 2.88. The van der Waals surface area contributed by atoms with Gasteiger partial charge < -0.3 is 14.8 Å². The van der Waals surface area contributed by atoms with E-state index in [1.54, 1.807) is 36.4 Å². The molecule has 0 bridgehead atoms. The van der Waals surface area contributed by atoms with Gasteiger partial charge in [0, 0.05) is 21.8 Å². The first-order valence-corrected chi connectivity index (χ1v) is 10.2. The summed E-state index contributed by atoms with van der Waals surface area (Å²) in [5.41, 5.74) is 3.89. The molecule has 0 spiro atoms. The molecule has 150 valence electrons. The van der Waals surface area contributed by atoms with Crippen LogP contribution in [-0.2, 0) is 0 Å². The number of nitrogens with zero attached hydrogens (tertiary/aromatic N) is 1. The van der Waals surface area contributed by atoms with E-state index >= 15 is 0 Å². The molecule has 0 aliphatic carbocycles. The van der Waals surface area contributed by atoms with Gasteiger partial charge in [-0.3, -0.25) is 10.1 Å². The van der Waals surface area contributed by atoms with Crippen LogP contribution in [0.5, 0.6) is 5.75 Å². The Bertz CT molecular complexity index is 1270. The van der Waals surface area contributed by atoms with E-state index < -0.39 is 0 Å². The number of hydrogen-bond donors (Lipinski definition) is 3. The Morgan fingerprint density at radius 2 is 1.87 bits per heavy atom. The molecular weight excluding hydrogens is 466 g/mol. The van der Waals surface area contributed by atoms with Crippen LogP contribution >= 0.6 is 28.1 Å². The third-order valence-corrected chi connectivity index (χ3v) is 5.10. The zero-order chi connectivity index (χ0) is 21.3. The highest BCUT2D eigenvalue weighted by Crippen LogP contribution is 2.33. The quantitative estimate of drug-likeness (QED) is 0.339. The van der Waals surface area contributed by atoms with Crippen LogP contribution in [0.25, 0.3) is 22.6 Å². The highest BCUT2D eigenvalue weighted by atomic mass is 79.9. The molecule has 0 saturated carbocycles. The van der Waals surface area contributed by atoms with Crippen molar-refractivity contribution >= 4 is 56.0 Å². The number of oxazole rings is 1. The normalized spacial score (nSPS) is 10.7. The molecule has 0 unspecified atom stereocenters. The summed E-state index contributed by atoms with van der Waals surface area (Å²) >= 11 is 8.53. The minimum absolute atomic E-state index is 0.0229. The molecule has 0 fully saturated rings. The average Bonchev–Trinajstić information content (AvgIpc) is 3.11. The predicted molar refractivity (Wildman–Crippen MR) is 124 cm³/mol. The summed E-state index contributed by atoms with van der Waals surface area (Å²) in [6, 6.07) is 17.5. The van der Waals surface area contributed by atoms with E-state index in [-0.39, 0.29) is 16.8 Å². The minimum Gasteiger partial charge on any atom is -0.507 e. The van der Waals surface area contributed by atoms with Crippen LogP contribution in [0.2, 0.25) is 0 Å². The maximum atomic E-state index is 12.2. The Kier molecular flexibility index (Phi) is 5.52. The standard InChI is InChI=1S/C22H16BrN3O3S/c1-12-2-9-17-19(10-12)29-21(25-17)16-8-7-15(11-18(16)27)24-22(30)26-20(28)13-3-5-14(23)6-4-13/h2-11,27H,1H3,(H2,24,26,28,30). The van der Waals surface area contributed by atoms with Gasteiger partial charge in [-0.25, -0.2) is 4.98 Å². The van der Waals surface area contributed by atoms with Crippen LogP contribution in [0, 0.1) is 6.92 Å². The summed E-state index contributed by atoms with van der Waals surface area (Å²) in [5, 5.41) is 16.1. The molecule has 0 saturated heterocycles. The van der Waals surface area contributed by atoms with Crippen LogP contribution in [0.1, 0.15) is 15.9 Å². The van der Waals surface area contributed by atoms with Gasteiger partial charge in [-0.2, -0.15) is 0 Å². The summed E-state index contributed by atoms with van der Waals surface area (Å²) in [5.74, 6) is -0.0290.